The zero-order valence-corrected chi connectivity index (χ0v) is 13.4. The van der Waals surface area contributed by atoms with E-state index in [2.05, 4.69) is 44.3 Å². The van der Waals surface area contributed by atoms with Crippen LogP contribution in [0.25, 0.3) is 0 Å². The Balaban J connectivity index is 2.77. The van der Waals surface area contributed by atoms with Crippen LogP contribution in [0.2, 0.25) is 0 Å². The van der Waals surface area contributed by atoms with Crippen molar-refractivity contribution in [1.82, 2.24) is 5.32 Å². The van der Waals surface area contributed by atoms with Crippen molar-refractivity contribution in [3.05, 3.63) is 29.3 Å². The Labute approximate surface area is 123 Å². The van der Waals surface area contributed by atoms with Crippen molar-refractivity contribution in [2.75, 3.05) is 26.9 Å². The van der Waals surface area contributed by atoms with Crippen molar-refractivity contribution in [2.45, 2.75) is 46.1 Å². The van der Waals surface area contributed by atoms with E-state index < -0.39 is 0 Å². The molecule has 0 radical (unpaired) electrons. The molecule has 0 heterocycles. The van der Waals surface area contributed by atoms with Gasteiger partial charge in [-0.05, 0) is 38.8 Å². The number of benzene rings is 1. The van der Waals surface area contributed by atoms with Gasteiger partial charge in [-0.3, -0.25) is 0 Å². The molecule has 0 aliphatic carbocycles. The fraction of sp³-hybridized carbons (Fsp3) is 0.647. The van der Waals surface area contributed by atoms with Crippen LogP contribution in [-0.4, -0.2) is 26.9 Å². The predicted molar refractivity (Wildman–Crippen MR) is 84.5 cm³/mol. The number of nitrogens with one attached hydrogen (secondary N) is 1. The zero-order valence-electron chi connectivity index (χ0n) is 13.4. The Kier molecular flexibility index (Phi) is 8.31. The van der Waals surface area contributed by atoms with Gasteiger partial charge in [0.2, 0.25) is 0 Å². The minimum absolute atomic E-state index is 0.293. The lowest BCUT2D eigenvalue weighted by Crippen LogP contribution is -2.24. The molecule has 1 N–H and O–H groups in total. The highest BCUT2D eigenvalue weighted by Crippen LogP contribution is 2.28. The Morgan fingerprint density at radius 1 is 1.15 bits per heavy atom. The minimum atomic E-state index is 0.293. The Morgan fingerprint density at radius 3 is 2.60 bits per heavy atom. The quantitative estimate of drug-likeness (QED) is 0.660. The smallest absolute Gasteiger partial charge is 0.123 e. The highest BCUT2D eigenvalue weighted by Gasteiger charge is 2.15. The van der Waals surface area contributed by atoms with Crippen LogP contribution in [0, 0.1) is 6.92 Å². The van der Waals surface area contributed by atoms with E-state index in [-0.39, 0.29) is 0 Å². The lowest BCUT2D eigenvalue weighted by molar-refractivity contribution is 0.124. The molecule has 0 aromatic heterocycles. The average molecular weight is 279 g/mol. The number of methoxy groups -OCH3 is 1. The van der Waals surface area contributed by atoms with E-state index in [9.17, 15) is 0 Å². The van der Waals surface area contributed by atoms with Crippen LogP contribution in [-0.2, 0) is 4.74 Å². The number of rotatable bonds is 10. The second kappa shape index (κ2) is 9.78. The van der Waals surface area contributed by atoms with E-state index in [1.165, 1.54) is 11.1 Å². The maximum absolute atomic E-state index is 5.64. The molecule has 1 aromatic rings. The number of hydrogen-bond acceptors (Lipinski definition) is 3. The summed E-state index contributed by atoms with van der Waals surface area (Å²) >= 11 is 0. The Bertz CT molecular complexity index is 379. The molecule has 0 saturated heterocycles. The van der Waals surface area contributed by atoms with Crippen LogP contribution < -0.4 is 10.1 Å². The number of aryl methyl sites for hydroxylation is 1. The van der Waals surface area contributed by atoms with Gasteiger partial charge >= 0.3 is 0 Å². The van der Waals surface area contributed by atoms with Crippen LogP contribution in [0.4, 0.5) is 0 Å². The largest absolute Gasteiger partial charge is 0.496 e. The van der Waals surface area contributed by atoms with Gasteiger partial charge in [0.25, 0.3) is 0 Å². The molecular weight excluding hydrogens is 250 g/mol. The third kappa shape index (κ3) is 5.51. The molecule has 20 heavy (non-hydrogen) atoms. The maximum atomic E-state index is 5.64. The van der Waals surface area contributed by atoms with Crippen molar-refractivity contribution in [3.8, 4) is 5.75 Å². The van der Waals surface area contributed by atoms with Crippen molar-refractivity contribution < 1.29 is 9.47 Å². The van der Waals surface area contributed by atoms with Gasteiger partial charge in [-0.2, -0.15) is 0 Å². The van der Waals surface area contributed by atoms with Gasteiger partial charge in [-0.15, -0.1) is 0 Å². The van der Waals surface area contributed by atoms with Crippen LogP contribution in [0.1, 0.15) is 50.3 Å². The molecule has 0 bridgehead atoms. The highest BCUT2D eigenvalue weighted by molar-refractivity contribution is 5.39. The monoisotopic (exact) mass is 279 g/mol. The molecule has 1 atom stereocenters. The third-order valence-corrected chi connectivity index (χ3v) is 3.30. The van der Waals surface area contributed by atoms with Crippen molar-refractivity contribution >= 4 is 0 Å². The fourth-order valence-corrected chi connectivity index (χ4v) is 2.26. The average Bonchev–Trinajstić information content (AvgIpc) is 2.46. The molecule has 1 unspecified atom stereocenters. The molecule has 3 nitrogen and oxygen atoms in total. The lowest BCUT2D eigenvalue weighted by atomic mass is 10.0. The van der Waals surface area contributed by atoms with Crippen LogP contribution in [0.15, 0.2) is 18.2 Å². The number of hydrogen-bond donors (Lipinski definition) is 1. The normalized spacial score (nSPS) is 12.4. The van der Waals surface area contributed by atoms with E-state index in [0.29, 0.717) is 6.04 Å². The van der Waals surface area contributed by atoms with Crippen molar-refractivity contribution in [1.29, 1.82) is 0 Å². The molecule has 1 aromatic carbocycles. The molecular formula is C17H29NO2. The lowest BCUT2D eigenvalue weighted by Gasteiger charge is -2.22. The van der Waals surface area contributed by atoms with E-state index in [0.717, 1.165) is 44.8 Å². The van der Waals surface area contributed by atoms with Gasteiger partial charge in [-0.1, -0.05) is 31.5 Å². The first-order chi connectivity index (χ1) is 9.72. The van der Waals surface area contributed by atoms with E-state index in [1.54, 1.807) is 7.11 Å². The standard InChI is InChI=1S/C17H29NO2/c1-5-10-18-16(9-12-20-11-6-2)15-13-14(3)7-8-17(15)19-4/h7-8,13,16,18H,5-6,9-12H2,1-4H3. The van der Waals surface area contributed by atoms with Gasteiger partial charge in [0.15, 0.2) is 0 Å². The molecule has 0 aliphatic heterocycles. The molecule has 114 valence electrons. The first kappa shape index (κ1) is 17.0. The molecule has 0 saturated carbocycles. The maximum Gasteiger partial charge on any atom is 0.123 e. The summed E-state index contributed by atoms with van der Waals surface area (Å²) in [6, 6.07) is 6.65. The summed E-state index contributed by atoms with van der Waals surface area (Å²) in [5.74, 6) is 0.958. The van der Waals surface area contributed by atoms with Gasteiger partial charge in [0, 0.05) is 24.8 Å². The van der Waals surface area contributed by atoms with Crippen molar-refractivity contribution in [2.24, 2.45) is 0 Å². The molecule has 1 rings (SSSR count). The van der Waals surface area contributed by atoms with Gasteiger partial charge < -0.3 is 14.8 Å². The summed E-state index contributed by atoms with van der Waals surface area (Å²) in [6.45, 7) is 9.07. The Hall–Kier alpha value is -1.06. The predicted octanol–water partition coefficient (Wildman–Crippen LogP) is 3.86. The summed E-state index contributed by atoms with van der Waals surface area (Å²) in [5, 5.41) is 3.60. The zero-order chi connectivity index (χ0) is 14.8. The van der Waals surface area contributed by atoms with Crippen LogP contribution in [0.5, 0.6) is 5.75 Å². The highest BCUT2D eigenvalue weighted by atomic mass is 16.5. The number of ether oxygens (including phenoxy) is 2. The summed E-state index contributed by atoms with van der Waals surface area (Å²) in [4.78, 5) is 0. The minimum Gasteiger partial charge on any atom is -0.496 e. The van der Waals surface area contributed by atoms with Crippen molar-refractivity contribution in [3.63, 3.8) is 0 Å². The summed E-state index contributed by atoms with van der Waals surface area (Å²) in [7, 11) is 1.73. The van der Waals surface area contributed by atoms with E-state index in [4.69, 9.17) is 9.47 Å². The molecule has 0 aliphatic rings. The third-order valence-electron chi connectivity index (χ3n) is 3.30. The van der Waals surface area contributed by atoms with E-state index >= 15 is 0 Å². The van der Waals surface area contributed by atoms with Crippen LogP contribution in [0.3, 0.4) is 0 Å². The van der Waals surface area contributed by atoms with Gasteiger partial charge in [0.05, 0.1) is 7.11 Å². The molecule has 0 spiro atoms. The molecule has 0 fully saturated rings. The fourth-order valence-electron chi connectivity index (χ4n) is 2.26. The second-order valence-electron chi connectivity index (χ2n) is 5.15. The molecule has 0 amide bonds. The van der Waals surface area contributed by atoms with Crippen LogP contribution >= 0.6 is 0 Å². The van der Waals surface area contributed by atoms with Gasteiger partial charge in [0.1, 0.15) is 5.75 Å². The SMILES string of the molecule is CCCNC(CCOCCC)c1cc(C)ccc1OC. The second-order valence-corrected chi connectivity index (χ2v) is 5.15. The van der Waals surface area contributed by atoms with Gasteiger partial charge in [-0.25, -0.2) is 0 Å². The van der Waals surface area contributed by atoms with E-state index in [1.807, 2.05) is 0 Å². The summed E-state index contributed by atoms with van der Waals surface area (Å²) in [6.07, 6.45) is 3.17. The summed E-state index contributed by atoms with van der Waals surface area (Å²) < 4.78 is 11.1. The Morgan fingerprint density at radius 2 is 1.95 bits per heavy atom. The first-order valence-electron chi connectivity index (χ1n) is 7.68. The molecule has 3 heteroatoms. The first-order valence-corrected chi connectivity index (χ1v) is 7.68. The summed E-state index contributed by atoms with van der Waals surface area (Å²) in [5.41, 5.74) is 2.50. The topological polar surface area (TPSA) is 30.5 Å².